The lowest BCUT2D eigenvalue weighted by atomic mass is 10.3. The van der Waals surface area contributed by atoms with Gasteiger partial charge < -0.3 is 9.72 Å². The Hall–Kier alpha value is -1.84. The van der Waals surface area contributed by atoms with Gasteiger partial charge in [0.25, 0.3) is 0 Å². The van der Waals surface area contributed by atoms with Crippen LogP contribution in [0.3, 0.4) is 0 Å². The fourth-order valence-electron chi connectivity index (χ4n) is 1.75. The second kappa shape index (κ2) is 5.48. The number of hydrogen-bond donors (Lipinski definition) is 1. The number of aromatic nitrogens is 2. The van der Waals surface area contributed by atoms with Gasteiger partial charge in [0.15, 0.2) is 0 Å². The first-order valence-corrected chi connectivity index (χ1v) is 5.99. The lowest BCUT2D eigenvalue weighted by molar-refractivity contribution is -0.121. The van der Waals surface area contributed by atoms with Crippen molar-refractivity contribution in [2.24, 2.45) is 0 Å². The van der Waals surface area contributed by atoms with Crippen LogP contribution in [0.25, 0.3) is 5.65 Å². The molecular formula is C13H17N3O. The molecule has 0 radical (unpaired) electrons. The van der Waals surface area contributed by atoms with Crippen molar-refractivity contribution in [3.05, 3.63) is 36.3 Å². The normalized spacial score (nSPS) is 10.6. The molecule has 17 heavy (non-hydrogen) atoms. The van der Waals surface area contributed by atoms with Crippen molar-refractivity contribution < 1.29 is 4.79 Å². The highest BCUT2D eigenvalue weighted by Crippen LogP contribution is 2.04. The van der Waals surface area contributed by atoms with E-state index < -0.39 is 0 Å². The Bertz CT molecular complexity index is 471. The zero-order valence-electron chi connectivity index (χ0n) is 10.0. The Labute approximate surface area is 101 Å². The predicted molar refractivity (Wildman–Crippen MR) is 66.8 cm³/mol. The Morgan fingerprint density at radius 3 is 3.12 bits per heavy atom. The molecule has 0 bridgehead atoms. The molecule has 0 aliphatic rings. The summed E-state index contributed by atoms with van der Waals surface area (Å²) in [7, 11) is 0. The summed E-state index contributed by atoms with van der Waals surface area (Å²) in [5.41, 5.74) is 1.95. The smallest absolute Gasteiger partial charge is 0.219 e. The molecule has 0 aliphatic heterocycles. The standard InChI is InChI=1S/C13H17N3O/c1-2-5-13(17)14-8-7-11-10-16-9-4-3-6-12(16)15-11/h3-4,6,9-10H,2,5,7-8H2,1H3,(H,14,17). The molecule has 0 saturated carbocycles. The lowest BCUT2D eigenvalue weighted by Crippen LogP contribution is -2.25. The van der Waals surface area contributed by atoms with Gasteiger partial charge in [0.2, 0.25) is 5.91 Å². The summed E-state index contributed by atoms with van der Waals surface area (Å²) in [6.45, 7) is 2.66. The summed E-state index contributed by atoms with van der Waals surface area (Å²) >= 11 is 0. The molecule has 2 aromatic rings. The number of pyridine rings is 1. The highest BCUT2D eigenvalue weighted by molar-refractivity contribution is 5.75. The van der Waals surface area contributed by atoms with Crippen molar-refractivity contribution in [2.75, 3.05) is 6.54 Å². The fourth-order valence-corrected chi connectivity index (χ4v) is 1.75. The van der Waals surface area contributed by atoms with E-state index in [1.54, 1.807) is 0 Å². The zero-order valence-corrected chi connectivity index (χ0v) is 10.0. The number of rotatable bonds is 5. The van der Waals surface area contributed by atoms with E-state index in [9.17, 15) is 4.79 Å². The van der Waals surface area contributed by atoms with Crippen LogP contribution in [0.15, 0.2) is 30.6 Å². The van der Waals surface area contributed by atoms with Crippen LogP contribution < -0.4 is 5.32 Å². The third kappa shape index (κ3) is 3.06. The molecule has 90 valence electrons. The number of fused-ring (bicyclic) bond motifs is 1. The first-order valence-electron chi connectivity index (χ1n) is 5.99. The van der Waals surface area contributed by atoms with Crippen molar-refractivity contribution in [3.63, 3.8) is 0 Å². The largest absolute Gasteiger partial charge is 0.356 e. The summed E-state index contributed by atoms with van der Waals surface area (Å²) in [4.78, 5) is 15.7. The van der Waals surface area contributed by atoms with E-state index in [-0.39, 0.29) is 5.91 Å². The quantitative estimate of drug-likeness (QED) is 0.852. The second-order valence-electron chi connectivity index (χ2n) is 4.05. The van der Waals surface area contributed by atoms with E-state index in [1.165, 1.54) is 0 Å². The molecule has 2 aromatic heterocycles. The van der Waals surface area contributed by atoms with Crippen LogP contribution in [0.2, 0.25) is 0 Å². The molecule has 2 heterocycles. The predicted octanol–water partition coefficient (Wildman–Crippen LogP) is 1.79. The summed E-state index contributed by atoms with van der Waals surface area (Å²) in [6.07, 6.45) is 6.24. The Balaban J connectivity index is 1.89. The Morgan fingerprint density at radius 2 is 2.35 bits per heavy atom. The van der Waals surface area contributed by atoms with Crippen molar-refractivity contribution in [3.8, 4) is 0 Å². The topological polar surface area (TPSA) is 46.4 Å². The van der Waals surface area contributed by atoms with Crippen molar-refractivity contribution in [1.82, 2.24) is 14.7 Å². The van der Waals surface area contributed by atoms with Crippen LogP contribution in [0.5, 0.6) is 0 Å². The summed E-state index contributed by atoms with van der Waals surface area (Å²) in [6, 6.07) is 5.91. The van der Waals surface area contributed by atoms with Gasteiger partial charge in [-0.1, -0.05) is 13.0 Å². The monoisotopic (exact) mass is 231 g/mol. The number of carbonyl (C=O) groups is 1. The van der Waals surface area contributed by atoms with Gasteiger partial charge in [-0.05, 0) is 18.6 Å². The third-order valence-corrected chi connectivity index (χ3v) is 2.59. The van der Waals surface area contributed by atoms with Crippen LogP contribution >= 0.6 is 0 Å². The van der Waals surface area contributed by atoms with Crippen molar-refractivity contribution in [1.29, 1.82) is 0 Å². The molecule has 1 amide bonds. The molecular weight excluding hydrogens is 214 g/mol. The van der Waals surface area contributed by atoms with Crippen molar-refractivity contribution >= 4 is 11.6 Å². The Morgan fingerprint density at radius 1 is 1.47 bits per heavy atom. The van der Waals surface area contributed by atoms with Crippen LogP contribution in [0.1, 0.15) is 25.5 Å². The third-order valence-electron chi connectivity index (χ3n) is 2.59. The van der Waals surface area contributed by atoms with Gasteiger partial charge in [-0.15, -0.1) is 0 Å². The van der Waals surface area contributed by atoms with Gasteiger partial charge in [-0.25, -0.2) is 4.98 Å². The van der Waals surface area contributed by atoms with E-state index in [0.29, 0.717) is 13.0 Å². The van der Waals surface area contributed by atoms with Gasteiger partial charge in [0, 0.05) is 31.8 Å². The lowest BCUT2D eigenvalue weighted by Gasteiger charge is -2.01. The van der Waals surface area contributed by atoms with E-state index in [4.69, 9.17) is 0 Å². The van der Waals surface area contributed by atoms with Crippen LogP contribution in [0, 0.1) is 0 Å². The van der Waals surface area contributed by atoms with Crippen LogP contribution in [0.4, 0.5) is 0 Å². The number of imidazole rings is 1. The molecule has 0 saturated heterocycles. The summed E-state index contributed by atoms with van der Waals surface area (Å²) in [5, 5.41) is 2.89. The van der Waals surface area contributed by atoms with Gasteiger partial charge in [0.1, 0.15) is 5.65 Å². The van der Waals surface area contributed by atoms with Gasteiger partial charge in [-0.2, -0.15) is 0 Å². The van der Waals surface area contributed by atoms with Crippen LogP contribution in [-0.4, -0.2) is 21.8 Å². The number of hydrogen-bond acceptors (Lipinski definition) is 2. The SMILES string of the molecule is CCCC(=O)NCCc1cn2ccccc2n1. The van der Waals surface area contributed by atoms with Gasteiger partial charge in [-0.3, -0.25) is 4.79 Å². The molecule has 4 nitrogen and oxygen atoms in total. The summed E-state index contributed by atoms with van der Waals surface area (Å²) in [5.74, 6) is 0.122. The summed E-state index contributed by atoms with van der Waals surface area (Å²) < 4.78 is 1.99. The number of amides is 1. The number of nitrogens with zero attached hydrogens (tertiary/aromatic N) is 2. The average molecular weight is 231 g/mol. The molecule has 4 heteroatoms. The number of carbonyl (C=O) groups excluding carboxylic acids is 1. The molecule has 0 aliphatic carbocycles. The first kappa shape index (κ1) is 11.6. The van der Waals surface area contributed by atoms with E-state index in [1.807, 2.05) is 41.9 Å². The second-order valence-corrected chi connectivity index (χ2v) is 4.05. The maximum Gasteiger partial charge on any atom is 0.219 e. The molecule has 0 fully saturated rings. The molecule has 0 atom stereocenters. The molecule has 0 spiro atoms. The fraction of sp³-hybridized carbons (Fsp3) is 0.385. The molecule has 0 aromatic carbocycles. The van der Waals surface area contributed by atoms with E-state index in [2.05, 4.69) is 10.3 Å². The minimum Gasteiger partial charge on any atom is -0.356 e. The van der Waals surface area contributed by atoms with Gasteiger partial charge in [0.05, 0.1) is 5.69 Å². The van der Waals surface area contributed by atoms with E-state index in [0.717, 1.165) is 24.2 Å². The molecule has 2 rings (SSSR count). The molecule has 0 unspecified atom stereocenters. The molecule has 1 N–H and O–H groups in total. The maximum atomic E-state index is 11.3. The Kier molecular flexibility index (Phi) is 3.75. The highest BCUT2D eigenvalue weighted by atomic mass is 16.1. The van der Waals surface area contributed by atoms with Gasteiger partial charge >= 0.3 is 0 Å². The minimum atomic E-state index is 0.122. The maximum absolute atomic E-state index is 11.3. The minimum absolute atomic E-state index is 0.122. The average Bonchev–Trinajstić information content (AvgIpc) is 2.71. The highest BCUT2D eigenvalue weighted by Gasteiger charge is 2.02. The van der Waals surface area contributed by atoms with Crippen molar-refractivity contribution in [2.45, 2.75) is 26.2 Å². The van der Waals surface area contributed by atoms with Crippen LogP contribution in [-0.2, 0) is 11.2 Å². The first-order chi connectivity index (χ1) is 8.29. The number of nitrogens with one attached hydrogen (secondary N) is 1. The zero-order chi connectivity index (χ0) is 12.1. The van der Waals surface area contributed by atoms with E-state index >= 15 is 0 Å².